The number of nitrogen functional groups attached to an aromatic ring is 1. The van der Waals surface area contributed by atoms with Gasteiger partial charge in [0, 0.05) is 39.5 Å². The van der Waals surface area contributed by atoms with Gasteiger partial charge in [-0.3, -0.25) is 0 Å². The number of nitrogens with one attached hydrogen (secondary N) is 1. The molecule has 0 radical (unpaired) electrons. The van der Waals surface area contributed by atoms with E-state index in [9.17, 15) is 0 Å². The Hall–Kier alpha value is -1.44. The number of anilines is 2. The van der Waals surface area contributed by atoms with Crippen LogP contribution in [0, 0.1) is 5.92 Å². The van der Waals surface area contributed by atoms with Crippen molar-refractivity contribution in [1.29, 1.82) is 0 Å². The molecule has 2 rings (SSSR count). The second-order valence-electron chi connectivity index (χ2n) is 5.25. The van der Waals surface area contributed by atoms with Gasteiger partial charge >= 0.3 is 0 Å². The molecule has 0 aromatic carbocycles. The Morgan fingerprint density at radius 2 is 2.19 bits per heavy atom. The van der Waals surface area contributed by atoms with E-state index in [0.717, 1.165) is 38.4 Å². The van der Waals surface area contributed by atoms with Gasteiger partial charge in [0.05, 0.1) is 0 Å². The molecule has 0 saturated carbocycles. The fourth-order valence-electron chi connectivity index (χ4n) is 2.42. The highest BCUT2D eigenvalue weighted by atomic mass is 16.5. The second kappa shape index (κ2) is 8.11. The Balaban J connectivity index is 2.05. The number of hydrogen-bond donors (Lipinski definition) is 2. The maximum atomic E-state index is 5.48. The lowest BCUT2D eigenvalue weighted by molar-refractivity contribution is 0.0685. The van der Waals surface area contributed by atoms with Crippen LogP contribution in [0.5, 0.6) is 0 Å². The standard InChI is InChI=1S/C14H25N5O2/c1-3-20-10-13-16-12(18-15)8-14(17-13)19(2)9-11-4-6-21-7-5-11/h8,11H,3-7,9-10,15H2,1-2H3,(H,16,17,18). The minimum Gasteiger partial charge on any atom is -0.381 e. The topological polar surface area (TPSA) is 85.5 Å². The van der Waals surface area contributed by atoms with Crippen LogP contribution in [0.15, 0.2) is 6.07 Å². The van der Waals surface area contributed by atoms with Crippen molar-refractivity contribution < 1.29 is 9.47 Å². The lowest BCUT2D eigenvalue weighted by Gasteiger charge is -2.28. The van der Waals surface area contributed by atoms with E-state index in [0.29, 0.717) is 30.8 Å². The van der Waals surface area contributed by atoms with E-state index in [4.69, 9.17) is 15.3 Å². The van der Waals surface area contributed by atoms with E-state index < -0.39 is 0 Å². The number of nitrogens with two attached hydrogens (primary N) is 1. The van der Waals surface area contributed by atoms with Gasteiger partial charge in [-0.1, -0.05) is 0 Å². The molecule has 7 heteroatoms. The van der Waals surface area contributed by atoms with Crippen molar-refractivity contribution in [2.75, 3.05) is 43.7 Å². The van der Waals surface area contributed by atoms with E-state index in [2.05, 4.69) is 20.3 Å². The first-order valence-electron chi connectivity index (χ1n) is 7.44. The summed E-state index contributed by atoms with van der Waals surface area (Å²) in [6, 6.07) is 1.86. The molecule has 0 atom stereocenters. The van der Waals surface area contributed by atoms with E-state index >= 15 is 0 Å². The summed E-state index contributed by atoms with van der Waals surface area (Å²) < 4.78 is 10.8. The van der Waals surface area contributed by atoms with Crippen LogP contribution in [0.1, 0.15) is 25.6 Å². The fourth-order valence-corrected chi connectivity index (χ4v) is 2.42. The number of aromatic nitrogens is 2. The summed E-state index contributed by atoms with van der Waals surface area (Å²) in [5.41, 5.74) is 2.59. The Morgan fingerprint density at radius 3 is 2.86 bits per heavy atom. The summed E-state index contributed by atoms with van der Waals surface area (Å²) in [5.74, 6) is 8.23. The highest BCUT2D eigenvalue weighted by Crippen LogP contribution is 2.20. The number of nitrogens with zero attached hydrogens (tertiary/aromatic N) is 3. The predicted molar refractivity (Wildman–Crippen MR) is 82.0 cm³/mol. The van der Waals surface area contributed by atoms with Crippen molar-refractivity contribution in [2.24, 2.45) is 11.8 Å². The number of hydrazine groups is 1. The molecule has 0 bridgehead atoms. The number of ether oxygens (including phenoxy) is 2. The first kappa shape index (κ1) is 15.9. The Morgan fingerprint density at radius 1 is 1.43 bits per heavy atom. The highest BCUT2D eigenvalue weighted by Gasteiger charge is 2.17. The van der Waals surface area contributed by atoms with E-state index in [1.807, 2.05) is 20.0 Å². The van der Waals surface area contributed by atoms with Crippen LogP contribution in [0.4, 0.5) is 11.6 Å². The molecule has 3 N–H and O–H groups in total. The van der Waals surface area contributed by atoms with Gasteiger partial charge in [-0.15, -0.1) is 0 Å². The first-order valence-corrected chi connectivity index (χ1v) is 7.44. The Bertz CT molecular complexity index is 437. The maximum Gasteiger partial charge on any atom is 0.158 e. The van der Waals surface area contributed by atoms with Gasteiger partial charge in [0.2, 0.25) is 0 Å². The molecule has 1 aromatic rings. The van der Waals surface area contributed by atoms with Gasteiger partial charge in [-0.2, -0.15) is 0 Å². The van der Waals surface area contributed by atoms with Gasteiger partial charge in [0.25, 0.3) is 0 Å². The highest BCUT2D eigenvalue weighted by molar-refractivity contribution is 5.48. The zero-order valence-electron chi connectivity index (χ0n) is 12.8. The van der Waals surface area contributed by atoms with Gasteiger partial charge in [0.15, 0.2) is 5.82 Å². The van der Waals surface area contributed by atoms with Crippen LogP contribution < -0.4 is 16.2 Å². The molecule has 118 valence electrons. The summed E-state index contributed by atoms with van der Waals surface area (Å²) in [7, 11) is 2.04. The molecule has 1 saturated heterocycles. The molecule has 1 aromatic heterocycles. The van der Waals surface area contributed by atoms with Crippen LogP contribution >= 0.6 is 0 Å². The largest absolute Gasteiger partial charge is 0.381 e. The van der Waals surface area contributed by atoms with E-state index in [1.165, 1.54) is 0 Å². The number of rotatable bonds is 7. The van der Waals surface area contributed by atoms with Crippen LogP contribution in [0.3, 0.4) is 0 Å². The minimum atomic E-state index is 0.393. The molecular formula is C14H25N5O2. The molecule has 1 aliphatic heterocycles. The third-order valence-corrected chi connectivity index (χ3v) is 3.61. The summed E-state index contributed by atoms with van der Waals surface area (Å²) in [6.07, 6.45) is 2.20. The lowest BCUT2D eigenvalue weighted by Crippen LogP contribution is -2.30. The Labute approximate surface area is 125 Å². The van der Waals surface area contributed by atoms with Crippen molar-refractivity contribution in [1.82, 2.24) is 9.97 Å². The smallest absolute Gasteiger partial charge is 0.158 e. The van der Waals surface area contributed by atoms with Crippen LogP contribution in [0.25, 0.3) is 0 Å². The summed E-state index contributed by atoms with van der Waals surface area (Å²) in [5, 5.41) is 0. The Kier molecular flexibility index (Phi) is 6.16. The molecule has 1 aliphatic rings. The van der Waals surface area contributed by atoms with Crippen molar-refractivity contribution in [3.63, 3.8) is 0 Å². The number of hydrogen-bond acceptors (Lipinski definition) is 7. The fraction of sp³-hybridized carbons (Fsp3) is 0.714. The van der Waals surface area contributed by atoms with Crippen LogP contribution in [-0.2, 0) is 16.1 Å². The van der Waals surface area contributed by atoms with E-state index in [1.54, 1.807) is 0 Å². The molecule has 0 unspecified atom stereocenters. The minimum absolute atomic E-state index is 0.393. The van der Waals surface area contributed by atoms with Crippen LogP contribution in [-0.4, -0.2) is 43.4 Å². The third kappa shape index (κ3) is 4.80. The molecule has 2 heterocycles. The third-order valence-electron chi connectivity index (χ3n) is 3.61. The first-order chi connectivity index (χ1) is 10.2. The SMILES string of the molecule is CCOCc1nc(NN)cc(N(C)CC2CCOCC2)n1. The summed E-state index contributed by atoms with van der Waals surface area (Å²) in [6.45, 7) is 5.64. The second-order valence-corrected chi connectivity index (χ2v) is 5.25. The molecule has 7 nitrogen and oxygen atoms in total. The molecule has 0 amide bonds. The monoisotopic (exact) mass is 295 g/mol. The van der Waals surface area contributed by atoms with Crippen molar-refractivity contribution in [3.05, 3.63) is 11.9 Å². The zero-order chi connectivity index (χ0) is 15.1. The van der Waals surface area contributed by atoms with Gasteiger partial charge in [-0.25, -0.2) is 15.8 Å². The van der Waals surface area contributed by atoms with Crippen LogP contribution in [0.2, 0.25) is 0 Å². The van der Waals surface area contributed by atoms with Crippen molar-refractivity contribution in [2.45, 2.75) is 26.4 Å². The summed E-state index contributed by atoms with van der Waals surface area (Å²) >= 11 is 0. The van der Waals surface area contributed by atoms with Gasteiger partial charge < -0.3 is 19.8 Å². The van der Waals surface area contributed by atoms with Crippen molar-refractivity contribution in [3.8, 4) is 0 Å². The summed E-state index contributed by atoms with van der Waals surface area (Å²) in [4.78, 5) is 11.0. The predicted octanol–water partition coefficient (Wildman–Crippen LogP) is 1.16. The molecule has 0 aliphatic carbocycles. The molecule has 21 heavy (non-hydrogen) atoms. The van der Waals surface area contributed by atoms with Gasteiger partial charge in [-0.05, 0) is 25.7 Å². The van der Waals surface area contributed by atoms with Gasteiger partial charge in [0.1, 0.15) is 18.2 Å². The maximum absolute atomic E-state index is 5.48. The zero-order valence-corrected chi connectivity index (χ0v) is 12.8. The molecular weight excluding hydrogens is 270 g/mol. The molecule has 1 fully saturated rings. The lowest BCUT2D eigenvalue weighted by atomic mass is 10.00. The normalized spacial score (nSPS) is 16.0. The quantitative estimate of drug-likeness (QED) is 0.576. The molecule has 0 spiro atoms. The average Bonchev–Trinajstić information content (AvgIpc) is 2.53. The average molecular weight is 295 g/mol. The van der Waals surface area contributed by atoms with Crippen molar-refractivity contribution >= 4 is 11.6 Å². The van der Waals surface area contributed by atoms with E-state index in [-0.39, 0.29) is 0 Å².